The number of hydrogen-bond donors (Lipinski definition) is 2. The summed E-state index contributed by atoms with van der Waals surface area (Å²) in [7, 11) is 0. The molecule has 2 rings (SSSR count). The highest BCUT2D eigenvalue weighted by Gasteiger charge is 2.18. The topological polar surface area (TPSA) is 55.9 Å². The van der Waals surface area contributed by atoms with Crippen LogP contribution < -0.4 is 11.3 Å². The molecule has 0 spiro atoms. The first-order chi connectivity index (χ1) is 9.17. The molecule has 1 aromatic heterocycles. The number of aryl methyl sites for hydroxylation is 1. The lowest BCUT2D eigenvalue weighted by molar-refractivity contribution is 0.496. The fourth-order valence-electron chi connectivity index (χ4n) is 2.03. The second-order valence-electron chi connectivity index (χ2n) is 4.25. The predicted octanol–water partition coefficient (Wildman–Crippen LogP) is 2.12. The third kappa shape index (κ3) is 2.80. The van der Waals surface area contributed by atoms with E-state index in [4.69, 9.17) is 5.84 Å². The highest BCUT2D eigenvalue weighted by molar-refractivity contribution is 5.28. The van der Waals surface area contributed by atoms with Crippen LogP contribution in [-0.2, 0) is 6.54 Å². The molecular weight excluding hydrogens is 250 g/mol. The van der Waals surface area contributed by atoms with Crippen LogP contribution in [0.4, 0.5) is 8.78 Å². The zero-order valence-corrected chi connectivity index (χ0v) is 10.6. The molecule has 6 heteroatoms. The van der Waals surface area contributed by atoms with Crippen molar-refractivity contribution in [3.63, 3.8) is 0 Å². The van der Waals surface area contributed by atoms with Crippen LogP contribution in [0, 0.1) is 11.6 Å². The minimum atomic E-state index is -0.890. The molecule has 1 atom stereocenters. The van der Waals surface area contributed by atoms with Crippen LogP contribution in [0.5, 0.6) is 0 Å². The largest absolute Gasteiger partial charge is 0.271 e. The summed E-state index contributed by atoms with van der Waals surface area (Å²) in [5.41, 5.74) is 3.99. The van der Waals surface area contributed by atoms with Crippen LogP contribution in [0.25, 0.3) is 0 Å². The fourth-order valence-corrected chi connectivity index (χ4v) is 2.03. The standard InChI is InChI=1S/C13H16F2N4/c1-2-7-19-12(5-6-17-19)13(18-16)9-3-4-10(14)11(15)8-9/h3-6,8,13,18H,2,7,16H2,1H3. The first kappa shape index (κ1) is 13.6. The zero-order valence-electron chi connectivity index (χ0n) is 10.6. The Morgan fingerprint density at radius 3 is 2.74 bits per heavy atom. The Morgan fingerprint density at radius 1 is 1.32 bits per heavy atom. The zero-order chi connectivity index (χ0) is 13.8. The number of nitrogens with one attached hydrogen (secondary N) is 1. The maximum atomic E-state index is 13.3. The molecule has 1 aromatic carbocycles. The Morgan fingerprint density at radius 2 is 2.11 bits per heavy atom. The highest BCUT2D eigenvalue weighted by atomic mass is 19.2. The van der Waals surface area contributed by atoms with E-state index in [1.54, 1.807) is 16.9 Å². The summed E-state index contributed by atoms with van der Waals surface area (Å²) in [6.07, 6.45) is 2.58. The van der Waals surface area contributed by atoms with E-state index >= 15 is 0 Å². The van der Waals surface area contributed by atoms with Gasteiger partial charge >= 0.3 is 0 Å². The Bertz CT molecular complexity index is 553. The van der Waals surface area contributed by atoms with Gasteiger partial charge in [0, 0.05) is 12.7 Å². The van der Waals surface area contributed by atoms with Gasteiger partial charge in [0.25, 0.3) is 0 Å². The molecule has 3 N–H and O–H groups in total. The molecule has 0 radical (unpaired) electrons. The summed E-state index contributed by atoms with van der Waals surface area (Å²) in [5, 5.41) is 4.19. The second-order valence-corrected chi connectivity index (χ2v) is 4.25. The van der Waals surface area contributed by atoms with E-state index in [1.807, 2.05) is 6.92 Å². The summed E-state index contributed by atoms with van der Waals surface area (Å²) < 4.78 is 28.1. The van der Waals surface area contributed by atoms with Crippen molar-refractivity contribution in [2.24, 2.45) is 5.84 Å². The van der Waals surface area contributed by atoms with Crippen molar-refractivity contribution in [2.45, 2.75) is 25.9 Å². The molecule has 0 aliphatic heterocycles. The monoisotopic (exact) mass is 266 g/mol. The number of aromatic nitrogens is 2. The van der Waals surface area contributed by atoms with Gasteiger partial charge in [-0.2, -0.15) is 5.10 Å². The number of hydrazine groups is 1. The van der Waals surface area contributed by atoms with Gasteiger partial charge in [0.1, 0.15) is 0 Å². The van der Waals surface area contributed by atoms with Gasteiger partial charge in [-0.05, 0) is 30.2 Å². The van der Waals surface area contributed by atoms with Crippen molar-refractivity contribution < 1.29 is 8.78 Å². The fraction of sp³-hybridized carbons (Fsp3) is 0.308. The molecule has 0 aliphatic rings. The molecule has 0 saturated heterocycles. The number of halogens is 2. The van der Waals surface area contributed by atoms with Gasteiger partial charge in [-0.25, -0.2) is 14.2 Å². The molecule has 102 valence electrons. The van der Waals surface area contributed by atoms with Crippen LogP contribution in [-0.4, -0.2) is 9.78 Å². The van der Waals surface area contributed by atoms with Crippen molar-refractivity contribution in [3.8, 4) is 0 Å². The maximum Gasteiger partial charge on any atom is 0.159 e. The van der Waals surface area contributed by atoms with Gasteiger partial charge in [-0.1, -0.05) is 13.0 Å². The Labute approximate surface area is 110 Å². The Kier molecular flexibility index (Phi) is 4.24. The molecule has 0 aliphatic carbocycles. The number of rotatable bonds is 5. The van der Waals surface area contributed by atoms with Crippen molar-refractivity contribution >= 4 is 0 Å². The molecule has 0 fully saturated rings. The van der Waals surface area contributed by atoms with Crippen molar-refractivity contribution in [3.05, 3.63) is 53.4 Å². The van der Waals surface area contributed by atoms with Gasteiger partial charge in [-0.3, -0.25) is 10.5 Å². The minimum Gasteiger partial charge on any atom is -0.271 e. The summed E-state index contributed by atoms with van der Waals surface area (Å²) in [4.78, 5) is 0. The van der Waals surface area contributed by atoms with Crippen LogP contribution in [0.1, 0.15) is 30.6 Å². The van der Waals surface area contributed by atoms with E-state index in [0.717, 1.165) is 30.8 Å². The smallest absolute Gasteiger partial charge is 0.159 e. The lowest BCUT2D eigenvalue weighted by Gasteiger charge is -2.18. The second kappa shape index (κ2) is 5.90. The van der Waals surface area contributed by atoms with Gasteiger partial charge in [-0.15, -0.1) is 0 Å². The predicted molar refractivity (Wildman–Crippen MR) is 68.0 cm³/mol. The van der Waals surface area contributed by atoms with E-state index in [-0.39, 0.29) is 0 Å². The molecule has 2 aromatic rings. The highest BCUT2D eigenvalue weighted by Crippen LogP contribution is 2.22. The minimum absolute atomic E-state index is 0.427. The Balaban J connectivity index is 2.38. The summed E-state index contributed by atoms with van der Waals surface area (Å²) in [5.74, 6) is 3.78. The molecule has 1 unspecified atom stereocenters. The number of nitrogens with zero attached hydrogens (tertiary/aromatic N) is 2. The van der Waals surface area contributed by atoms with Crippen LogP contribution in [0.3, 0.4) is 0 Å². The Hall–Kier alpha value is -1.79. The lowest BCUT2D eigenvalue weighted by atomic mass is 10.0. The summed E-state index contributed by atoms with van der Waals surface area (Å²) in [6.45, 7) is 2.78. The third-order valence-corrected chi connectivity index (χ3v) is 2.92. The average Bonchev–Trinajstić information content (AvgIpc) is 2.83. The SMILES string of the molecule is CCCn1nccc1C(NN)c1ccc(F)c(F)c1. The summed E-state index contributed by atoms with van der Waals surface area (Å²) in [6, 6.07) is 5.12. The molecule has 0 amide bonds. The first-order valence-corrected chi connectivity index (χ1v) is 6.10. The van der Waals surface area contributed by atoms with Crippen LogP contribution >= 0.6 is 0 Å². The number of hydrogen-bond acceptors (Lipinski definition) is 3. The van der Waals surface area contributed by atoms with Gasteiger partial charge in [0.15, 0.2) is 11.6 Å². The molecular formula is C13H16F2N4. The van der Waals surface area contributed by atoms with E-state index in [9.17, 15) is 8.78 Å². The molecule has 1 heterocycles. The van der Waals surface area contributed by atoms with Gasteiger partial charge < -0.3 is 0 Å². The maximum absolute atomic E-state index is 13.3. The van der Waals surface area contributed by atoms with Crippen LogP contribution in [0.15, 0.2) is 30.5 Å². The number of nitrogens with two attached hydrogens (primary N) is 1. The van der Waals surface area contributed by atoms with Gasteiger partial charge in [0.2, 0.25) is 0 Å². The molecule has 0 bridgehead atoms. The summed E-state index contributed by atoms with van der Waals surface area (Å²) >= 11 is 0. The lowest BCUT2D eigenvalue weighted by Crippen LogP contribution is -2.31. The van der Waals surface area contributed by atoms with Crippen molar-refractivity contribution in [1.82, 2.24) is 15.2 Å². The quantitative estimate of drug-likeness (QED) is 0.644. The van der Waals surface area contributed by atoms with E-state index in [1.165, 1.54) is 6.07 Å². The normalized spacial score (nSPS) is 12.6. The van der Waals surface area contributed by atoms with Crippen molar-refractivity contribution in [2.75, 3.05) is 0 Å². The third-order valence-electron chi connectivity index (χ3n) is 2.92. The van der Waals surface area contributed by atoms with E-state index < -0.39 is 17.7 Å². The molecule has 0 saturated carbocycles. The van der Waals surface area contributed by atoms with Crippen LogP contribution in [0.2, 0.25) is 0 Å². The van der Waals surface area contributed by atoms with E-state index in [0.29, 0.717) is 5.56 Å². The van der Waals surface area contributed by atoms with E-state index in [2.05, 4.69) is 10.5 Å². The van der Waals surface area contributed by atoms with Gasteiger partial charge in [0.05, 0.1) is 11.7 Å². The van der Waals surface area contributed by atoms with Crippen molar-refractivity contribution in [1.29, 1.82) is 0 Å². The molecule has 19 heavy (non-hydrogen) atoms. The number of benzene rings is 1. The first-order valence-electron chi connectivity index (χ1n) is 6.10. The average molecular weight is 266 g/mol. The molecule has 4 nitrogen and oxygen atoms in total.